The molecular formula is C14H16BrFN4O3. The Kier molecular flexibility index (Phi) is 5.67. The molecule has 4 N–H and O–H groups in total. The number of piperidine rings is 1. The second-order valence-electron chi connectivity index (χ2n) is 5.13. The molecule has 1 aromatic carbocycles. The molecule has 0 bridgehead atoms. The number of Topliss-reactive ketones (excluding diaryl/α,β-unsaturated/α-hetero) is 1. The highest BCUT2D eigenvalue weighted by atomic mass is 79.9. The number of rotatable bonds is 3. The lowest BCUT2D eigenvalue weighted by Crippen LogP contribution is -2.45. The molecule has 0 aromatic heterocycles. The summed E-state index contributed by atoms with van der Waals surface area (Å²) in [6.45, 7) is 0.763. The maximum absolute atomic E-state index is 13.2. The number of ketones is 1. The summed E-state index contributed by atoms with van der Waals surface area (Å²) in [6, 6.07) is 3.48. The summed E-state index contributed by atoms with van der Waals surface area (Å²) >= 11 is 3.03. The van der Waals surface area contributed by atoms with E-state index in [1.54, 1.807) is 5.48 Å². The van der Waals surface area contributed by atoms with E-state index in [1.165, 1.54) is 23.1 Å². The fraction of sp³-hybridized carbons (Fsp3) is 0.357. The number of hydroxylamine groups is 1. The summed E-state index contributed by atoms with van der Waals surface area (Å²) in [7, 11) is 0. The number of halogens is 2. The van der Waals surface area contributed by atoms with Crippen molar-refractivity contribution < 1.29 is 19.2 Å². The van der Waals surface area contributed by atoms with Gasteiger partial charge in [-0.2, -0.15) is 0 Å². The molecule has 2 amide bonds. The highest BCUT2D eigenvalue weighted by Gasteiger charge is 2.29. The number of nitrogens with two attached hydrogens (primary N) is 1. The molecule has 1 heterocycles. The van der Waals surface area contributed by atoms with Gasteiger partial charge in [0.1, 0.15) is 5.82 Å². The van der Waals surface area contributed by atoms with Crippen LogP contribution in [0, 0.1) is 11.7 Å². The van der Waals surface area contributed by atoms with Gasteiger partial charge >= 0.3 is 6.03 Å². The van der Waals surface area contributed by atoms with Crippen LogP contribution in [0.25, 0.3) is 0 Å². The highest BCUT2D eigenvalue weighted by Crippen LogP contribution is 2.23. The Labute approximate surface area is 140 Å². The summed E-state index contributed by atoms with van der Waals surface area (Å²) in [4.78, 5) is 28.9. The van der Waals surface area contributed by atoms with Gasteiger partial charge in [0.2, 0.25) is 5.78 Å². The maximum atomic E-state index is 13.2. The van der Waals surface area contributed by atoms with Crippen LogP contribution in [0.3, 0.4) is 0 Å². The minimum absolute atomic E-state index is 0.207. The monoisotopic (exact) mass is 386 g/mol. The van der Waals surface area contributed by atoms with Gasteiger partial charge in [0.05, 0.1) is 10.2 Å². The van der Waals surface area contributed by atoms with E-state index in [4.69, 9.17) is 5.73 Å². The number of hydrogen-bond acceptors (Lipinski definition) is 4. The van der Waals surface area contributed by atoms with Crippen LogP contribution in [-0.2, 0) is 4.79 Å². The molecule has 9 heteroatoms. The molecule has 0 unspecified atom stereocenters. The van der Waals surface area contributed by atoms with Gasteiger partial charge in [-0.25, -0.2) is 19.7 Å². The predicted molar refractivity (Wildman–Crippen MR) is 85.0 cm³/mol. The van der Waals surface area contributed by atoms with Crippen molar-refractivity contribution in [1.82, 2.24) is 10.4 Å². The van der Waals surface area contributed by atoms with Crippen molar-refractivity contribution in [3.8, 4) is 0 Å². The molecule has 0 radical (unpaired) electrons. The van der Waals surface area contributed by atoms with E-state index in [9.17, 15) is 19.2 Å². The summed E-state index contributed by atoms with van der Waals surface area (Å²) in [5.41, 5.74) is 7.31. The summed E-state index contributed by atoms with van der Waals surface area (Å²) in [6.07, 6.45) is 0.880. The van der Waals surface area contributed by atoms with Gasteiger partial charge < -0.3 is 10.6 Å². The van der Waals surface area contributed by atoms with Crippen LogP contribution in [0.1, 0.15) is 12.8 Å². The van der Waals surface area contributed by atoms with Gasteiger partial charge in [-0.15, -0.1) is 0 Å². The predicted octanol–water partition coefficient (Wildman–Crippen LogP) is 1.96. The highest BCUT2D eigenvalue weighted by molar-refractivity contribution is 9.10. The van der Waals surface area contributed by atoms with Crippen molar-refractivity contribution in [3.63, 3.8) is 0 Å². The van der Waals surface area contributed by atoms with Crippen LogP contribution in [0.5, 0.6) is 0 Å². The van der Waals surface area contributed by atoms with Gasteiger partial charge in [0, 0.05) is 19.0 Å². The molecule has 124 valence electrons. The van der Waals surface area contributed by atoms with Gasteiger partial charge in [-0.3, -0.25) is 10.0 Å². The fourth-order valence-corrected chi connectivity index (χ4v) is 2.74. The van der Waals surface area contributed by atoms with Gasteiger partial charge in [-0.05, 0) is 47.0 Å². The molecule has 1 aliphatic heterocycles. The molecule has 7 nitrogen and oxygen atoms in total. The maximum Gasteiger partial charge on any atom is 0.314 e. The number of benzene rings is 1. The Balaban J connectivity index is 2.11. The van der Waals surface area contributed by atoms with Gasteiger partial charge in [-0.1, -0.05) is 0 Å². The molecule has 1 saturated heterocycles. The van der Waals surface area contributed by atoms with Crippen LogP contribution in [0.2, 0.25) is 0 Å². The van der Waals surface area contributed by atoms with E-state index >= 15 is 0 Å². The van der Waals surface area contributed by atoms with E-state index in [0.717, 1.165) is 0 Å². The van der Waals surface area contributed by atoms with Crippen LogP contribution in [0.4, 0.5) is 14.9 Å². The van der Waals surface area contributed by atoms with Crippen molar-refractivity contribution >= 4 is 39.3 Å². The smallest absolute Gasteiger partial charge is 0.314 e. The summed E-state index contributed by atoms with van der Waals surface area (Å²) in [5.74, 6) is -1.40. The molecule has 1 aliphatic rings. The lowest BCUT2D eigenvalue weighted by molar-refractivity contribution is -0.118. The lowest BCUT2D eigenvalue weighted by atomic mass is 9.92. The number of nitrogens with one attached hydrogen (secondary N) is 1. The Hall–Kier alpha value is -2.00. The number of amides is 2. The zero-order chi connectivity index (χ0) is 17.0. The number of carbonyl (C=O) groups is 2. The first kappa shape index (κ1) is 17.4. The van der Waals surface area contributed by atoms with E-state index in [-0.39, 0.29) is 22.0 Å². The second-order valence-corrected chi connectivity index (χ2v) is 5.99. The summed E-state index contributed by atoms with van der Waals surface area (Å²) < 4.78 is 13.4. The standard InChI is InChI=1S/C14H16BrFN4O3/c15-10-7-9(1-2-11(10)16)18-13(19-23)12(21)8-3-5-20(6-4-8)14(17)22/h1-2,7-8,23H,3-6H2,(H2,17,22)(H,18,19). The van der Waals surface area contributed by atoms with Crippen LogP contribution in [-0.4, -0.2) is 40.8 Å². The fourth-order valence-electron chi connectivity index (χ4n) is 2.37. The third-order valence-electron chi connectivity index (χ3n) is 3.66. The van der Waals surface area contributed by atoms with Crippen molar-refractivity contribution in [3.05, 3.63) is 28.5 Å². The SMILES string of the molecule is NC(=O)N1CCC(C(=O)C(=Nc2ccc(F)c(Br)c2)NO)CC1. The number of carbonyl (C=O) groups excluding carboxylic acids is 2. The molecule has 0 atom stereocenters. The number of aliphatic imine (C=N–C) groups is 1. The van der Waals surface area contributed by atoms with E-state index in [2.05, 4.69) is 20.9 Å². The van der Waals surface area contributed by atoms with Gasteiger partial charge in [0.25, 0.3) is 0 Å². The molecular weight excluding hydrogens is 371 g/mol. The van der Waals surface area contributed by atoms with Crippen LogP contribution < -0.4 is 11.2 Å². The largest absolute Gasteiger partial charge is 0.351 e. The van der Waals surface area contributed by atoms with Crippen molar-refractivity contribution in [1.29, 1.82) is 0 Å². The second kappa shape index (κ2) is 7.51. The number of nitrogens with zero attached hydrogens (tertiary/aromatic N) is 2. The molecule has 0 saturated carbocycles. The minimum atomic E-state index is -0.513. The average Bonchev–Trinajstić information content (AvgIpc) is 2.55. The van der Waals surface area contributed by atoms with Crippen molar-refractivity contribution in [2.24, 2.45) is 16.6 Å². The molecule has 0 aliphatic carbocycles. The molecule has 2 rings (SSSR count). The van der Waals surface area contributed by atoms with E-state index in [0.29, 0.717) is 31.6 Å². The third-order valence-corrected chi connectivity index (χ3v) is 4.27. The number of hydrogen-bond donors (Lipinski definition) is 3. The van der Waals surface area contributed by atoms with Crippen molar-refractivity contribution in [2.75, 3.05) is 13.1 Å². The first-order chi connectivity index (χ1) is 10.9. The molecule has 0 spiro atoms. The third kappa shape index (κ3) is 4.26. The quantitative estimate of drug-likeness (QED) is 0.419. The zero-order valence-corrected chi connectivity index (χ0v) is 13.7. The molecule has 1 aromatic rings. The number of urea groups is 1. The van der Waals surface area contributed by atoms with Crippen LogP contribution in [0.15, 0.2) is 27.7 Å². The number of likely N-dealkylation sites (tertiary alicyclic amines) is 1. The first-order valence-corrected chi connectivity index (χ1v) is 7.74. The first-order valence-electron chi connectivity index (χ1n) is 6.94. The van der Waals surface area contributed by atoms with Crippen LogP contribution >= 0.6 is 15.9 Å². The Morgan fingerprint density at radius 1 is 1.39 bits per heavy atom. The Morgan fingerprint density at radius 3 is 2.57 bits per heavy atom. The molecule has 1 fully saturated rings. The lowest BCUT2D eigenvalue weighted by Gasteiger charge is -2.29. The minimum Gasteiger partial charge on any atom is -0.351 e. The average molecular weight is 387 g/mol. The number of amidine groups is 1. The van der Waals surface area contributed by atoms with E-state index in [1.807, 2.05) is 0 Å². The Bertz CT molecular complexity index is 645. The molecule has 23 heavy (non-hydrogen) atoms. The van der Waals surface area contributed by atoms with Gasteiger partial charge in [0.15, 0.2) is 5.84 Å². The van der Waals surface area contributed by atoms with Crippen molar-refractivity contribution in [2.45, 2.75) is 12.8 Å². The Morgan fingerprint density at radius 2 is 2.04 bits per heavy atom. The number of primary amides is 1. The summed E-state index contributed by atoms with van der Waals surface area (Å²) in [5, 5.41) is 9.18. The normalized spacial score (nSPS) is 16.3. The van der Waals surface area contributed by atoms with E-state index < -0.39 is 11.8 Å². The topological polar surface area (TPSA) is 108 Å². The zero-order valence-electron chi connectivity index (χ0n) is 12.1.